The van der Waals surface area contributed by atoms with E-state index >= 15 is 0 Å². The molecule has 5 N–H and O–H groups in total. The van der Waals surface area contributed by atoms with Crippen molar-refractivity contribution in [2.75, 3.05) is 5.32 Å². The van der Waals surface area contributed by atoms with Crippen LogP contribution in [0.5, 0.6) is 0 Å². The molecule has 29 heavy (non-hydrogen) atoms. The molecule has 0 radical (unpaired) electrons. The number of rotatable bonds is 4. The molecular formula is C22H28N6O. The lowest BCUT2D eigenvalue weighted by Gasteiger charge is -2.39. The third-order valence-electron chi connectivity index (χ3n) is 6.83. The minimum atomic E-state index is -0.505. The van der Waals surface area contributed by atoms with E-state index in [1.807, 2.05) is 31.3 Å². The van der Waals surface area contributed by atoms with Gasteiger partial charge in [-0.1, -0.05) is 19.9 Å². The van der Waals surface area contributed by atoms with E-state index < -0.39 is 5.91 Å². The number of hydrogen-bond acceptors (Lipinski definition) is 5. The van der Waals surface area contributed by atoms with Crippen LogP contribution in [-0.4, -0.2) is 32.1 Å². The van der Waals surface area contributed by atoms with E-state index in [9.17, 15) is 4.79 Å². The van der Waals surface area contributed by atoms with E-state index in [2.05, 4.69) is 36.2 Å². The summed E-state index contributed by atoms with van der Waals surface area (Å²) in [5.74, 6) is -0.505. The summed E-state index contributed by atoms with van der Waals surface area (Å²) in [6.07, 6.45) is 7.08. The summed E-state index contributed by atoms with van der Waals surface area (Å²) in [5, 5.41) is 8.01. The van der Waals surface area contributed by atoms with Gasteiger partial charge in [-0.3, -0.25) is 9.78 Å². The van der Waals surface area contributed by atoms with E-state index in [1.54, 1.807) is 10.7 Å². The molecule has 3 aromatic rings. The van der Waals surface area contributed by atoms with Gasteiger partial charge in [0.25, 0.3) is 5.91 Å². The Balaban J connectivity index is 1.84. The second-order valence-electron chi connectivity index (χ2n) is 8.87. The fourth-order valence-electron chi connectivity index (χ4n) is 4.28. The summed E-state index contributed by atoms with van der Waals surface area (Å²) in [6.45, 7) is 8.40. The van der Waals surface area contributed by atoms with Crippen molar-refractivity contribution in [3.05, 3.63) is 48.0 Å². The minimum absolute atomic E-state index is 0.111. The first-order chi connectivity index (χ1) is 13.6. The highest BCUT2D eigenvalue weighted by Crippen LogP contribution is 2.46. The molecule has 3 heterocycles. The number of carbonyl (C=O) groups is 1. The first-order valence-corrected chi connectivity index (χ1v) is 9.90. The van der Waals surface area contributed by atoms with Crippen molar-refractivity contribution < 1.29 is 4.79 Å². The molecule has 2 atom stereocenters. The maximum atomic E-state index is 12.2. The van der Waals surface area contributed by atoms with Crippen LogP contribution in [0.25, 0.3) is 16.6 Å². The highest BCUT2D eigenvalue weighted by Gasteiger charge is 2.49. The van der Waals surface area contributed by atoms with Crippen LogP contribution in [0.2, 0.25) is 0 Å². The molecule has 152 valence electrons. The van der Waals surface area contributed by atoms with E-state index in [1.165, 1.54) is 6.20 Å². The Labute approximate surface area is 170 Å². The van der Waals surface area contributed by atoms with Crippen molar-refractivity contribution in [3.8, 4) is 11.1 Å². The van der Waals surface area contributed by atoms with Crippen molar-refractivity contribution in [2.24, 2.45) is 16.9 Å². The predicted octanol–water partition coefficient (Wildman–Crippen LogP) is 3.12. The van der Waals surface area contributed by atoms with Crippen LogP contribution in [-0.2, 0) is 0 Å². The molecule has 3 aromatic heterocycles. The van der Waals surface area contributed by atoms with E-state index in [0.29, 0.717) is 11.3 Å². The van der Waals surface area contributed by atoms with Gasteiger partial charge < -0.3 is 16.8 Å². The number of nitrogens with zero attached hydrogens (tertiary/aromatic N) is 3. The molecule has 0 aromatic carbocycles. The molecular weight excluding hydrogens is 364 g/mol. The fourth-order valence-corrected chi connectivity index (χ4v) is 4.28. The normalized spacial score (nSPS) is 23.4. The fraction of sp³-hybridized carbons (Fsp3) is 0.409. The van der Waals surface area contributed by atoms with Crippen molar-refractivity contribution >= 4 is 17.1 Å². The molecule has 0 bridgehead atoms. The number of primary amides is 1. The Bertz CT molecular complexity index is 1100. The topological polar surface area (TPSA) is 111 Å². The zero-order valence-electron chi connectivity index (χ0n) is 17.4. The van der Waals surface area contributed by atoms with Crippen LogP contribution < -0.4 is 16.8 Å². The molecule has 0 unspecified atom stereocenters. The molecule has 7 heteroatoms. The Morgan fingerprint density at radius 2 is 2.10 bits per heavy atom. The average molecular weight is 393 g/mol. The van der Waals surface area contributed by atoms with Gasteiger partial charge in [0.15, 0.2) is 0 Å². The highest BCUT2D eigenvalue weighted by molar-refractivity contribution is 6.02. The van der Waals surface area contributed by atoms with Gasteiger partial charge >= 0.3 is 0 Å². The van der Waals surface area contributed by atoms with Crippen LogP contribution in [0.15, 0.2) is 36.8 Å². The quantitative estimate of drug-likeness (QED) is 0.632. The van der Waals surface area contributed by atoms with Crippen LogP contribution >= 0.6 is 0 Å². The summed E-state index contributed by atoms with van der Waals surface area (Å²) in [4.78, 5) is 16.5. The number of fused-ring (bicyclic) bond motifs is 1. The van der Waals surface area contributed by atoms with Crippen molar-refractivity contribution in [1.29, 1.82) is 0 Å². The Hall–Kier alpha value is -2.93. The van der Waals surface area contributed by atoms with Crippen LogP contribution in [0, 0.1) is 12.3 Å². The number of carbonyl (C=O) groups excluding carboxylic acids is 1. The number of aromatic nitrogens is 3. The van der Waals surface area contributed by atoms with E-state index in [-0.39, 0.29) is 17.0 Å². The van der Waals surface area contributed by atoms with Crippen molar-refractivity contribution in [2.45, 2.75) is 52.1 Å². The van der Waals surface area contributed by atoms with Crippen molar-refractivity contribution in [3.63, 3.8) is 0 Å². The van der Waals surface area contributed by atoms with Crippen molar-refractivity contribution in [1.82, 2.24) is 14.6 Å². The Morgan fingerprint density at radius 3 is 2.72 bits per heavy atom. The molecule has 1 aliphatic rings. The third kappa shape index (κ3) is 3.06. The summed E-state index contributed by atoms with van der Waals surface area (Å²) >= 11 is 0. The second kappa shape index (κ2) is 6.56. The largest absolute Gasteiger partial charge is 0.379 e. The minimum Gasteiger partial charge on any atom is -0.379 e. The maximum Gasteiger partial charge on any atom is 0.252 e. The molecule has 4 rings (SSSR count). The average Bonchev–Trinajstić information content (AvgIpc) is 3.16. The summed E-state index contributed by atoms with van der Waals surface area (Å²) in [7, 11) is 0. The lowest BCUT2D eigenvalue weighted by atomic mass is 9.75. The molecule has 1 fully saturated rings. The lowest BCUT2D eigenvalue weighted by Crippen LogP contribution is -2.51. The van der Waals surface area contributed by atoms with Gasteiger partial charge in [-0.15, -0.1) is 0 Å². The summed E-state index contributed by atoms with van der Waals surface area (Å²) in [5.41, 5.74) is 16.6. The number of aryl methyl sites for hydroxylation is 1. The highest BCUT2D eigenvalue weighted by atomic mass is 16.1. The smallest absolute Gasteiger partial charge is 0.252 e. The monoisotopic (exact) mass is 392 g/mol. The first kappa shape index (κ1) is 19.4. The Kier molecular flexibility index (Phi) is 4.38. The van der Waals surface area contributed by atoms with Gasteiger partial charge in [-0.25, -0.2) is 4.52 Å². The number of amides is 1. The summed E-state index contributed by atoms with van der Waals surface area (Å²) in [6, 6.07) is 6.07. The molecule has 0 saturated heterocycles. The van der Waals surface area contributed by atoms with Gasteiger partial charge in [-0.2, -0.15) is 5.10 Å². The number of nitrogens with one attached hydrogen (secondary N) is 1. The van der Waals surface area contributed by atoms with Gasteiger partial charge in [0.1, 0.15) is 0 Å². The van der Waals surface area contributed by atoms with Gasteiger partial charge in [0, 0.05) is 46.2 Å². The van der Waals surface area contributed by atoms with Crippen LogP contribution in [0.3, 0.4) is 0 Å². The number of hydrogen-bond donors (Lipinski definition) is 3. The lowest BCUT2D eigenvalue weighted by molar-refractivity contribution is 0.100. The Morgan fingerprint density at radius 1 is 1.34 bits per heavy atom. The van der Waals surface area contributed by atoms with E-state index in [4.69, 9.17) is 11.5 Å². The number of pyridine rings is 1. The van der Waals surface area contributed by atoms with Crippen LogP contribution in [0.1, 0.15) is 49.7 Å². The maximum absolute atomic E-state index is 12.2. The van der Waals surface area contributed by atoms with E-state index in [0.717, 1.165) is 35.2 Å². The summed E-state index contributed by atoms with van der Waals surface area (Å²) < 4.78 is 1.78. The standard InChI is InChI=1S/C22H28N6O/c1-13-15(6-5-9-25-13)14-10-17-19(16(20(23)29)11-26-28(17)12-14)27-18-7-8-22(4,24)21(18,2)3/h5-6,9-12,18,27H,7-8,24H2,1-4H3,(H2,23,29)/t18-,22+/m1/s1. The molecule has 1 amide bonds. The van der Waals surface area contributed by atoms with Gasteiger partial charge in [0.05, 0.1) is 23.0 Å². The molecule has 0 spiro atoms. The van der Waals surface area contributed by atoms with Crippen LogP contribution in [0.4, 0.5) is 5.69 Å². The predicted molar refractivity (Wildman–Crippen MR) is 115 cm³/mol. The molecule has 1 aliphatic carbocycles. The molecule has 1 saturated carbocycles. The van der Waals surface area contributed by atoms with Gasteiger partial charge in [-0.05, 0) is 38.8 Å². The second-order valence-corrected chi connectivity index (χ2v) is 8.87. The van der Waals surface area contributed by atoms with Gasteiger partial charge in [0.2, 0.25) is 0 Å². The SMILES string of the molecule is Cc1ncccc1-c1cc2c(N[C@@H]3CC[C@](C)(N)C3(C)C)c(C(N)=O)cnn2c1. The molecule has 0 aliphatic heterocycles. The molecule has 7 nitrogen and oxygen atoms in total. The zero-order chi connectivity index (χ0) is 21.0. The zero-order valence-corrected chi connectivity index (χ0v) is 17.4. The third-order valence-corrected chi connectivity index (χ3v) is 6.83. The number of nitrogens with two attached hydrogens (primary N) is 2. The number of anilines is 1. The first-order valence-electron chi connectivity index (χ1n) is 9.90.